The number of ether oxygens (including phenoxy) is 1. The maximum Gasteiger partial charge on any atom is 0.409 e. The molecule has 0 aliphatic carbocycles. The monoisotopic (exact) mass is 255 g/mol. The SMILES string of the molecule is COC(=O)N1CCN(C(=O)[C@@H]2CCCNC2)CC1. The molecule has 0 aromatic heterocycles. The van der Waals surface area contributed by atoms with E-state index in [2.05, 4.69) is 10.1 Å². The van der Waals surface area contributed by atoms with Gasteiger partial charge in [-0.1, -0.05) is 0 Å². The second kappa shape index (κ2) is 6.04. The second-order valence-electron chi connectivity index (χ2n) is 4.83. The van der Waals surface area contributed by atoms with Crippen molar-refractivity contribution in [3.63, 3.8) is 0 Å². The molecule has 6 nitrogen and oxygen atoms in total. The Morgan fingerprint density at radius 2 is 1.83 bits per heavy atom. The summed E-state index contributed by atoms with van der Waals surface area (Å²) >= 11 is 0. The number of rotatable bonds is 1. The molecule has 2 rings (SSSR count). The van der Waals surface area contributed by atoms with Crippen LogP contribution in [0.5, 0.6) is 0 Å². The van der Waals surface area contributed by atoms with E-state index >= 15 is 0 Å². The molecule has 0 saturated carbocycles. The third kappa shape index (κ3) is 2.93. The summed E-state index contributed by atoms with van der Waals surface area (Å²) in [6.07, 6.45) is 1.74. The molecule has 2 heterocycles. The molecule has 18 heavy (non-hydrogen) atoms. The topological polar surface area (TPSA) is 61.9 Å². The standard InChI is InChI=1S/C12H21N3O3/c1-18-12(17)15-7-5-14(6-8-15)11(16)10-3-2-4-13-9-10/h10,13H,2-9H2,1H3/t10-/m1/s1. The number of methoxy groups -OCH3 is 1. The first-order valence-electron chi connectivity index (χ1n) is 6.55. The average molecular weight is 255 g/mol. The first-order chi connectivity index (χ1) is 8.72. The zero-order valence-corrected chi connectivity index (χ0v) is 10.9. The van der Waals surface area contributed by atoms with Crippen LogP contribution >= 0.6 is 0 Å². The first-order valence-corrected chi connectivity index (χ1v) is 6.55. The van der Waals surface area contributed by atoms with Gasteiger partial charge in [0.25, 0.3) is 0 Å². The van der Waals surface area contributed by atoms with Crippen molar-refractivity contribution in [2.24, 2.45) is 5.92 Å². The van der Waals surface area contributed by atoms with Crippen LogP contribution in [-0.2, 0) is 9.53 Å². The van der Waals surface area contributed by atoms with Gasteiger partial charge in [-0.05, 0) is 19.4 Å². The van der Waals surface area contributed by atoms with Crippen LogP contribution in [0.2, 0.25) is 0 Å². The number of piperazine rings is 1. The van der Waals surface area contributed by atoms with Gasteiger partial charge < -0.3 is 19.9 Å². The predicted octanol–water partition coefficient (Wildman–Crippen LogP) is -0.103. The van der Waals surface area contributed by atoms with Gasteiger partial charge in [-0.2, -0.15) is 0 Å². The minimum Gasteiger partial charge on any atom is -0.453 e. The maximum atomic E-state index is 12.3. The molecule has 2 aliphatic heterocycles. The summed E-state index contributed by atoms with van der Waals surface area (Å²) in [5.41, 5.74) is 0. The molecule has 0 spiro atoms. The van der Waals surface area contributed by atoms with E-state index in [0.29, 0.717) is 26.2 Å². The molecule has 1 atom stereocenters. The molecule has 1 N–H and O–H groups in total. The Bertz CT molecular complexity index is 308. The zero-order valence-electron chi connectivity index (χ0n) is 10.9. The smallest absolute Gasteiger partial charge is 0.409 e. The van der Waals surface area contributed by atoms with Crippen LogP contribution < -0.4 is 5.32 Å². The van der Waals surface area contributed by atoms with Crippen molar-refractivity contribution < 1.29 is 14.3 Å². The fourth-order valence-corrected chi connectivity index (χ4v) is 2.56. The van der Waals surface area contributed by atoms with E-state index in [1.54, 1.807) is 4.90 Å². The Kier molecular flexibility index (Phi) is 4.41. The molecule has 2 saturated heterocycles. The van der Waals surface area contributed by atoms with Gasteiger partial charge in [0, 0.05) is 32.7 Å². The summed E-state index contributed by atoms with van der Waals surface area (Å²) in [6.45, 7) is 4.17. The fourth-order valence-electron chi connectivity index (χ4n) is 2.56. The van der Waals surface area contributed by atoms with Crippen molar-refractivity contribution in [2.45, 2.75) is 12.8 Å². The Labute approximate surface area is 107 Å². The number of nitrogens with zero attached hydrogens (tertiary/aromatic N) is 2. The van der Waals surface area contributed by atoms with E-state index in [0.717, 1.165) is 25.9 Å². The van der Waals surface area contributed by atoms with Crippen molar-refractivity contribution in [1.82, 2.24) is 15.1 Å². The van der Waals surface area contributed by atoms with E-state index in [1.807, 2.05) is 4.90 Å². The fraction of sp³-hybridized carbons (Fsp3) is 0.833. The third-order valence-corrected chi connectivity index (χ3v) is 3.67. The molecule has 0 aromatic carbocycles. The van der Waals surface area contributed by atoms with E-state index in [-0.39, 0.29) is 17.9 Å². The second-order valence-corrected chi connectivity index (χ2v) is 4.83. The summed E-state index contributed by atoms with van der Waals surface area (Å²) in [5.74, 6) is 0.343. The lowest BCUT2D eigenvalue weighted by molar-refractivity contribution is -0.137. The van der Waals surface area contributed by atoms with Gasteiger partial charge in [0.1, 0.15) is 0 Å². The van der Waals surface area contributed by atoms with Gasteiger partial charge in [-0.15, -0.1) is 0 Å². The predicted molar refractivity (Wildman–Crippen MR) is 66.2 cm³/mol. The molecule has 0 aromatic rings. The van der Waals surface area contributed by atoms with Crippen molar-refractivity contribution in [3.8, 4) is 0 Å². The van der Waals surface area contributed by atoms with Crippen LogP contribution in [0.3, 0.4) is 0 Å². The van der Waals surface area contributed by atoms with E-state index in [4.69, 9.17) is 0 Å². The Morgan fingerprint density at radius 3 is 2.39 bits per heavy atom. The van der Waals surface area contributed by atoms with E-state index in [9.17, 15) is 9.59 Å². The molecule has 2 aliphatic rings. The normalized spacial score (nSPS) is 24.8. The van der Waals surface area contributed by atoms with Gasteiger partial charge in [0.2, 0.25) is 5.91 Å². The molecule has 2 fully saturated rings. The summed E-state index contributed by atoms with van der Waals surface area (Å²) < 4.78 is 4.68. The number of piperidine rings is 1. The lowest BCUT2D eigenvalue weighted by Crippen LogP contribution is -2.53. The van der Waals surface area contributed by atoms with Crippen LogP contribution in [0.1, 0.15) is 12.8 Å². The minimum atomic E-state index is -0.304. The summed E-state index contributed by atoms with van der Waals surface area (Å²) in [5, 5.41) is 3.26. The number of nitrogens with one attached hydrogen (secondary N) is 1. The molecule has 2 amide bonds. The molecular weight excluding hydrogens is 234 g/mol. The molecular formula is C12H21N3O3. The number of hydrogen-bond acceptors (Lipinski definition) is 4. The highest BCUT2D eigenvalue weighted by Crippen LogP contribution is 2.15. The highest BCUT2D eigenvalue weighted by atomic mass is 16.5. The number of carbonyl (C=O) groups excluding carboxylic acids is 2. The number of carbonyl (C=O) groups is 2. The van der Waals surface area contributed by atoms with Gasteiger partial charge in [-0.3, -0.25) is 4.79 Å². The largest absolute Gasteiger partial charge is 0.453 e. The van der Waals surface area contributed by atoms with E-state index < -0.39 is 0 Å². The van der Waals surface area contributed by atoms with Crippen LogP contribution in [-0.4, -0.2) is 68.2 Å². The van der Waals surface area contributed by atoms with Gasteiger partial charge in [-0.25, -0.2) is 4.79 Å². The van der Waals surface area contributed by atoms with Crippen molar-refractivity contribution in [3.05, 3.63) is 0 Å². The Morgan fingerprint density at radius 1 is 1.17 bits per heavy atom. The highest BCUT2D eigenvalue weighted by Gasteiger charge is 2.29. The van der Waals surface area contributed by atoms with Gasteiger partial charge in [0.15, 0.2) is 0 Å². The highest BCUT2D eigenvalue weighted by molar-refractivity contribution is 5.79. The molecule has 0 bridgehead atoms. The average Bonchev–Trinajstić information content (AvgIpc) is 2.47. The van der Waals surface area contributed by atoms with Gasteiger partial charge in [0.05, 0.1) is 13.0 Å². The van der Waals surface area contributed by atoms with Crippen LogP contribution in [0.15, 0.2) is 0 Å². The quantitative estimate of drug-likeness (QED) is 0.710. The minimum absolute atomic E-state index is 0.114. The third-order valence-electron chi connectivity index (χ3n) is 3.67. The Hall–Kier alpha value is -1.30. The van der Waals surface area contributed by atoms with Crippen molar-refractivity contribution in [2.75, 3.05) is 46.4 Å². The number of amides is 2. The van der Waals surface area contributed by atoms with E-state index in [1.165, 1.54) is 7.11 Å². The summed E-state index contributed by atoms with van der Waals surface area (Å²) in [7, 11) is 1.38. The van der Waals surface area contributed by atoms with Crippen LogP contribution in [0.4, 0.5) is 4.79 Å². The molecule has 6 heteroatoms. The van der Waals surface area contributed by atoms with Crippen molar-refractivity contribution >= 4 is 12.0 Å². The van der Waals surface area contributed by atoms with Crippen LogP contribution in [0.25, 0.3) is 0 Å². The molecule has 0 unspecified atom stereocenters. The van der Waals surface area contributed by atoms with Crippen LogP contribution in [0, 0.1) is 5.92 Å². The molecule has 102 valence electrons. The first kappa shape index (κ1) is 13.1. The zero-order chi connectivity index (χ0) is 13.0. The Balaban J connectivity index is 1.81. The summed E-state index contributed by atoms with van der Waals surface area (Å²) in [6, 6.07) is 0. The van der Waals surface area contributed by atoms with Gasteiger partial charge >= 0.3 is 6.09 Å². The lowest BCUT2D eigenvalue weighted by atomic mass is 9.98. The maximum absolute atomic E-state index is 12.3. The van der Waals surface area contributed by atoms with Crippen molar-refractivity contribution in [1.29, 1.82) is 0 Å². The summed E-state index contributed by atoms with van der Waals surface area (Å²) in [4.78, 5) is 27.1. The molecule has 0 radical (unpaired) electrons. The lowest BCUT2D eigenvalue weighted by Gasteiger charge is -2.36. The number of hydrogen-bond donors (Lipinski definition) is 1.